The van der Waals surface area contributed by atoms with E-state index in [0.717, 1.165) is 39.5 Å². The van der Waals surface area contributed by atoms with Crippen LogP contribution in [0.25, 0.3) is 20.5 Å². The summed E-state index contributed by atoms with van der Waals surface area (Å²) in [5, 5.41) is 1.15. The highest BCUT2D eigenvalue weighted by Gasteiger charge is 2.16. The normalized spacial score (nSPS) is 14.5. The summed E-state index contributed by atoms with van der Waals surface area (Å²) in [4.78, 5) is 3.76. The minimum Gasteiger partial charge on any atom is -0.497 e. The standard InChI is InChI=1S/C29H31NO2S/c1-31-24-17-13-23(14-18-24)29-28(26-9-3-4-10-27(26)33-29)32-25-15-11-22(12-16-25)8-7-21-30-19-5-2-6-20-30/h3-4,9-18H,2,5-8,19-21H2,1H3. The summed E-state index contributed by atoms with van der Waals surface area (Å²) < 4.78 is 13.1. The Morgan fingerprint density at radius 2 is 1.55 bits per heavy atom. The predicted octanol–water partition coefficient (Wildman–Crippen LogP) is 7.79. The Labute approximate surface area is 200 Å². The minimum absolute atomic E-state index is 0.859. The first kappa shape index (κ1) is 22.0. The summed E-state index contributed by atoms with van der Waals surface area (Å²) in [5.74, 6) is 2.67. The van der Waals surface area contributed by atoms with Crippen LogP contribution < -0.4 is 9.47 Å². The van der Waals surface area contributed by atoms with Crippen molar-refractivity contribution in [3.63, 3.8) is 0 Å². The molecule has 3 nitrogen and oxygen atoms in total. The van der Waals surface area contributed by atoms with Crippen molar-refractivity contribution < 1.29 is 9.47 Å². The molecule has 5 rings (SSSR count). The van der Waals surface area contributed by atoms with E-state index in [-0.39, 0.29) is 0 Å². The van der Waals surface area contributed by atoms with Gasteiger partial charge in [-0.05, 0) is 105 Å². The number of ether oxygens (including phenoxy) is 2. The second-order valence-electron chi connectivity index (χ2n) is 8.74. The van der Waals surface area contributed by atoms with Crippen molar-refractivity contribution in [1.29, 1.82) is 0 Å². The van der Waals surface area contributed by atoms with Crippen LogP contribution in [-0.4, -0.2) is 31.6 Å². The Kier molecular flexibility index (Phi) is 6.94. The van der Waals surface area contributed by atoms with Gasteiger partial charge in [-0.25, -0.2) is 0 Å². The molecule has 0 aliphatic carbocycles. The van der Waals surface area contributed by atoms with Crippen LogP contribution in [0.15, 0.2) is 72.8 Å². The van der Waals surface area contributed by atoms with Crippen molar-refractivity contribution in [2.45, 2.75) is 32.1 Å². The largest absolute Gasteiger partial charge is 0.497 e. The first-order chi connectivity index (χ1) is 16.3. The molecule has 0 spiro atoms. The van der Waals surface area contributed by atoms with Crippen molar-refractivity contribution in [2.75, 3.05) is 26.7 Å². The van der Waals surface area contributed by atoms with E-state index in [4.69, 9.17) is 9.47 Å². The van der Waals surface area contributed by atoms with Gasteiger partial charge in [-0.1, -0.05) is 30.7 Å². The molecule has 0 amide bonds. The third-order valence-corrected chi connectivity index (χ3v) is 7.64. The van der Waals surface area contributed by atoms with Gasteiger partial charge in [0.05, 0.1) is 12.0 Å². The van der Waals surface area contributed by atoms with Crippen LogP contribution in [-0.2, 0) is 6.42 Å². The molecule has 1 aliphatic rings. The van der Waals surface area contributed by atoms with Crippen LogP contribution in [0.5, 0.6) is 17.2 Å². The van der Waals surface area contributed by atoms with Gasteiger partial charge in [0, 0.05) is 10.1 Å². The smallest absolute Gasteiger partial charge is 0.153 e. The van der Waals surface area contributed by atoms with Gasteiger partial charge in [-0.3, -0.25) is 0 Å². The number of likely N-dealkylation sites (tertiary alicyclic amines) is 1. The molecular formula is C29H31NO2S. The van der Waals surface area contributed by atoms with Crippen LogP contribution in [0.4, 0.5) is 0 Å². The average Bonchev–Trinajstić information content (AvgIpc) is 3.24. The number of piperidine rings is 1. The quantitative estimate of drug-likeness (QED) is 0.269. The summed E-state index contributed by atoms with van der Waals surface area (Å²) in [6, 6.07) is 25.3. The molecule has 0 atom stereocenters. The molecule has 33 heavy (non-hydrogen) atoms. The molecule has 2 heterocycles. The van der Waals surface area contributed by atoms with Crippen molar-refractivity contribution >= 4 is 21.4 Å². The summed E-state index contributed by atoms with van der Waals surface area (Å²) >= 11 is 1.77. The summed E-state index contributed by atoms with van der Waals surface area (Å²) in [5.41, 5.74) is 2.52. The van der Waals surface area contributed by atoms with Crippen molar-refractivity contribution in [3.8, 4) is 27.7 Å². The van der Waals surface area contributed by atoms with Crippen LogP contribution in [0.1, 0.15) is 31.2 Å². The zero-order chi connectivity index (χ0) is 22.5. The van der Waals surface area contributed by atoms with Gasteiger partial charge in [0.2, 0.25) is 0 Å². The van der Waals surface area contributed by atoms with E-state index < -0.39 is 0 Å². The number of benzene rings is 3. The Morgan fingerprint density at radius 1 is 0.818 bits per heavy atom. The second kappa shape index (κ2) is 10.4. The Morgan fingerprint density at radius 3 is 2.30 bits per heavy atom. The minimum atomic E-state index is 0.859. The Balaban J connectivity index is 1.32. The lowest BCUT2D eigenvalue weighted by molar-refractivity contribution is 0.226. The molecule has 4 aromatic rings. The molecule has 1 aliphatic heterocycles. The van der Waals surface area contributed by atoms with Gasteiger partial charge in [0.1, 0.15) is 11.5 Å². The van der Waals surface area contributed by atoms with Crippen LogP contribution in [0.3, 0.4) is 0 Å². The lowest BCUT2D eigenvalue weighted by Crippen LogP contribution is -2.30. The van der Waals surface area contributed by atoms with Crippen LogP contribution in [0, 0.1) is 0 Å². The highest BCUT2D eigenvalue weighted by molar-refractivity contribution is 7.22. The Hall–Kier alpha value is -2.82. The van der Waals surface area contributed by atoms with Gasteiger partial charge in [0.25, 0.3) is 0 Å². The van der Waals surface area contributed by atoms with E-state index in [1.807, 2.05) is 12.1 Å². The number of thiophene rings is 1. The van der Waals surface area contributed by atoms with Crippen LogP contribution >= 0.6 is 11.3 Å². The van der Waals surface area contributed by atoms with Gasteiger partial charge < -0.3 is 14.4 Å². The van der Waals surface area contributed by atoms with E-state index in [9.17, 15) is 0 Å². The molecular weight excluding hydrogens is 426 g/mol. The number of nitrogens with zero attached hydrogens (tertiary/aromatic N) is 1. The van der Waals surface area contributed by atoms with Gasteiger partial charge in [-0.2, -0.15) is 0 Å². The van der Waals surface area contributed by atoms with Crippen molar-refractivity contribution in [1.82, 2.24) is 4.90 Å². The first-order valence-electron chi connectivity index (χ1n) is 12.0. The summed E-state index contributed by atoms with van der Waals surface area (Å²) in [6.07, 6.45) is 6.47. The maximum absolute atomic E-state index is 6.50. The van der Waals surface area contributed by atoms with E-state index in [0.29, 0.717) is 0 Å². The summed E-state index contributed by atoms with van der Waals surface area (Å²) in [7, 11) is 1.69. The summed E-state index contributed by atoms with van der Waals surface area (Å²) in [6.45, 7) is 3.76. The van der Waals surface area contributed by atoms with E-state index in [1.54, 1.807) is 18.4 Å². The van der Waals surface area contributed by atoms with Crippen LogP contribution in [0.2, 0.25) is 0 Å². The fraction of sp³-hybridized carbons (Fsp3) is 0.310. The average molecular weight is 458 g/mol. The maximum Gasteiger partial charge on any atom is 0.153 e. The zero-order valence-electron chi connectivity index (χ0n) is 19.3. The number of hydrogen-bond acceptors (Lipinski definition) is 4. The number of hydrogen-bond donors (Lipinski definition) is 0. The first-order valence-corrected chi connectivity index (χ1v) is 12.8. The topological polar surface area (TPSA) is 21.7 Å². The number of methoxy groups -OCH3 is 1. The molecule has 0 radical (unpaired) electrons. The van der Waals surface area contributed by atoms with Gasteiger partial charge in [-0.15, -0.1) is 11.3 Å². The lowest BCUT2D eigenvalue weighted by atomic mass is 10.1. The fourth-order valence-electron chi connectivity index (χ4n) is 4.59. The predicted molar refractivity (Wildman–Crippen MR) is 139 cm³/mol. The number of fused-ring (bicyclic) bond motifs is 1. The molecule has 0 saturated carbocycles. The molecule has 1 aromatic heterocycles. The third-order valence-electron chi connectivity index (χ3n) is 6.43. The fourth-order valence-corrected chi connectivity index (χ4v) is 5.72. The van der Waals surface area contributed by atoms with E-state index in [1.165, 1.54) is 55.6 Å². The number of rotatable bonds is 8. The molecule has 0 unspecified atom stereocenters. The second-order valence-corrected chi connectivity index (χ2v) is 9.79. The molecule has 170 valence electrons. The molecule has 1 fully saturated rings. The highest BCUT2D eigenvalue weighted by atomic mass is 32.1. The van der Waals surface area contributed by atoms with E-state index in [2.05, 4.69) is 65.6 Å². The molecule has 4 heteroatoms. The maximum atomic E-state index is 6.50. The van der Waals surface area contributed by atoms with Gasteiger partial charge in [0.15, 0.2) is 5.75 Å². The number of aryl methyl sites for hydroxylation is 1. The zero-order valence-corrected chi connectivity index (χ0v) is 20.1. The molecule has 1 saturated heterocycles. The third kappa shape index (κ3) is 5.23. The van der Waals surface area contributed by atoms with Crippen molar-refractivity contribution in [3.05, 3.63) is 78.4 Å². The molecule has 0 bridgehead atoms. The highest BCUT2D eigenvalue weighted by Crippen LogP contribution is 2.46. The SMILES string of the molecule is COc1ccc(-c2sc3ccccc3c2Oc2ccc(CCCN3CCCCC3)cc2)cc1. The Bertz CT molecular complexity index is 1170. The van der Waals surface area contributed by atoms with E-state index >= 15 is 0 Å². The van der Waals surface area contributed by atoms with Gasteiger partial charge >= 0.3 is 0 Å². The molecule has 0 N–H and O–H groups in total. The van der Waals surface area contributed by atoms with Crippen molar-refractivity contribution in [2.24, 2.45) is 0 Å². The monoisotopic (exact) mass is 457 g/mol. The lowest BCUT2D eigenvalue weighted by Gasteiger charge is -2.26. The molecule has 3 aromatic carbocycles.